The van der Waals surface area contributed by atoms with Gasteiger partial charge in [0, 0.05) is 12.8 Å². The Morgan fingerprint density at radius 3 is 1.02 bits per heavy atom. The zero-order valence-electron chi connectivity index (χ0n) is 54.8. The summed E-state index contributed by atoms with van der Waals surface area (Å²) in [4.78, 5) is 37.6. The number of nitrogens with zero attached hydrogens (tertiary/aromatic N) is 1. The average Bonchev–Trinajstić information content (AvgIpc) is 3.46. The van der Waals surface area contributed by atoms with E-state index in [1.807, 2.05) is 21.1 Å². The van der Waals surface area contributed by atoms with Gasteiger partial charge in [-0.15, -0.1) is 0 Å². The molecule has 0 fully saturated rings. The Bertz CT molecular complexity index is 1640. The molecule has 83 heavy (non-hydrogen) atoms. The molecule has 0 heterocycles. The smallest absolute Gasteiger partial charge is 0.361 e. The lowest BCUT2D eigenvalue weighted by Gasteiger charge is -2.25. The van der Waals surface area contributed by atoms with Crippen LogP contribution in [0.2, 0.25) is 0 Å². The Morgan fingerprint density at radius 2 is 0.687 bits per heavy atom. The largest absolute Gasteiger partial charge is 0.477 e. The number of carboxylic acid groups (broad SMARTS) is 1. The predicted octanol–water partition coefficient (Wildman–Crippen LogP) is 21.5. The summed E-state index contributed by atoms with van der Waals surface area (Å²) in [5.41, 5.74) is 0. The SMILES string of the molecule is CC/C=C\C/C=C\C/C=C\C/C=C\C/C=C\C/C=C\C/C=C\CCCCCCCCCCCCCC(=O)OC(COC(=O)CCCCCCCCCCCCCCCCCCCCCCCCCCC)COC(OCC[N+](C)(C)C)C(=O)O. The van der Waals surface area contributed by atoms with Crippen LogP contribution in [-0.4, -0.2) is 87.4 Å². The highest BCUT2D eigenvalue weighted by atomic mass is 16.7. The minimum Gasteiger partial charge on any atom is -0.477 e. The van der Waals surface area contributed by atoms with Gasteiger partial charge in [-0.25, -0.2) is 4.79 Å². The zero-order valence-corrected chi connectivity index (χ0v) is 54.8. The van der Waals surface area contributed by atoms with Crippen molar-refractivity contribution in [2.45, 2.75) is 322 Å². The van der Waals surface area contributed by atoms with Gasteiger partial charge < -0.3 is 28.5 Å². The summed E-state index contributed by atoms with van der Waals surface area (Å²) in [7, 11) is 5.98. The standard InChI is InChI=1S/C74H131NO8/c1-6-8-10-12-14-16-18-20-22-24-26-28-30-32-33-34-35-36-37-38-39-41-43-45-47-49-51-53-55-57-59-61-63-65-72(77)83-70(69-82-74(73(78)79)80-67-66-75(3,4)5)68-81-71(76)64-62-60-58-56-54-52-50-48-46-44-42-40-31-29-27-25-23-21-19-17-15-13-11-9-7-2/h8,10,14,16,20,22,26,28,32-33,35-36,38-39,70,74H,6-7,9,11-13,15,17-19,21,23-25,27,29-31,34,37,40-69H2,1-5H3/p+1/b10-8-,16-14-,22-20-,28-26-,33-32-,36-35-,39-38-. The van der Waals surface area contributed by atoms with Crippen LogP contribution in [0, 0.1) is 0 Å². The Balaban J connectivity index is 4.13. The van der Waals surface area contributed by atoms with Crippen molar-refractivity contribution in [3.05, 3.63) is 85.1 Å². The maximum Gasteiger partial charge on any atom is 0.361 e. The zero-order chi connectivity index (χ0) is 60.5. The Morgan fingerprint density at radius 1 is 0.373 bits per heavy atom. The molecule has 2 atom stereocenters. The number of carbonyl (C=O) groups excluding carboxylic acids is 2. The van der Waals surface area contributed by atoms with E-state index in [1.54, 1.807) is 0 Å². The second kappa shape index (κ2) is 64.5. The quantitative estimate of drug-likeness (QED) is 0.0211. The van der Waals surface area contributed by atoms with E-state index in [2.05, 4.69) is 98.9 Å². The van der Waals surface area contributed by atoms with Crippen LogP contribution in [0.4, 0.5) is 0 Å². The van der Waals surface area contributed by atoms with Crippen molar-refractivity contribution in [3.63, 3.8) is 0 Å². The maximum atomic E-state index is 12.9. The first-order valence-corrected chi connectivity index (χ1v) is 34.8. The summed E-state index contributed by atoms with van der Waals surface area (Å²) in [5, 5.41) is 9.74. The van der Waals surface area contributed by atoms with Gasteiger partial charge in [-0.3, -0.25) is 9.59 Å². The lowest BCUT2D eigenvalue weighted by Crippen LogP contribution is -2.40. The Kier molecular flexibility index (Phi) is 61.7. The number of unbranched alkanes of at least 4 members (excludes halogenated alkanes) is 35. The van der Waals surface area contributed by atoms with Gasteiger partial charge in [0.25, 0.3) is 6.29 Å². The number of likely N-dealkylation sites (N-methyl/N-ethyl adjacent to an activating group) is 1. The van der Waals surface area contributed by atoms with Crippen LogP contribution in [-0.2, 0) is 33.3 Å². The van der Waals surface area contributed by atoms with Crippen molar-refractivity contribution in [1.29, 1.82) is 0 Å². The van der Waals surface area contributed by atoms with Crippen molar-refractivity contribution < 1.29 is 42.9 Å². The molecule has 1 N–H and O–H groups in total. The van der Waals surface area contributed by atoms with E-state index in [4.69, 9.17) is 18.9 Å². The van der Waals surface area contributed by atoms with E-state index in [1.165, 1.54) is 186 Å². The molecule has 0 aromatic rings. The molecule has 0 radical (unpaired) electrons. The van der Waals surface area contributed by atoms with Gasteiger partial charge in [-0.05, 0) is 70.6 Å². The number of allylic oxidation sites excluding steroid dienone is 14. The molecule has 0 saturated carbocycles. The van der Waals surface area contributed by atoms with E-state index < -0.39 is 24.3 Å². The monoisotopic (exact) mass is 1160 g/mol. The van der Waals surface area contributed by atoms with Gasteiger partial charge in [0.1, 0.15) is 13.2 Å². The van der Waals surface area contributed by atoms with Gasteiger partial charge in [0.15, 0.2) is 6.10 Å². The second-order valence-corrected chi connectivity index (χ2v) is 24.5. The maximum absolute atomic E-state index is 12.9. The number of esters is 2. The van der Waals surface area contributed by atoms with E-state index in [0.29, 0.717) is 23.9 Å². The van der Waals surface area contributed by atoms with Crippen molar-refractivity contribution in [2.24, 2.45) is 0 Å². The number of quaternary nitrogens is 1. The molecule has 0 spiro atoms. The fraction of sp³-hybridized carbons (Fsp3) is 0.770. The average molecular weight is 1160 g/mol. The molecule has 480 valence electrons. The highest BCUT2D eigenvalue weighted by Gasteiger charge is 2.25. The lowest BCUT2D eigenvalue weighted by atomic mass is 10.0. The molecule has 0 rings (SSSR count). The van der Waals surface area contributed by atoms with Gasteiger partial charge in [-0.1, -0.05) is 311 Å². The molecule has 0 bridgehead atoms. The first kappa shape index (κ1) is 79.5. The van der Waals surface area contributed by atoms with E-state index in [9.17, 15) is 19.5 Å². The lowest BCUT2D eigenvalue weighted by molar-refractivity contribution is -0.870. The fourth-order valence-corrected chi connectivity index (χ4v) is 9.88. The Hall–Kier alpha value is -3.53. The number of rotatable bonds is 64. The van der Waals surface area contributed by atoms with Crippen LogP contribution in [0.1, 0.15) is 309 Å². The molecule has 0 amide bonds. The van der Waals surface area contributed by atoms with Crippen molar-refractivity contribution in [2.75, 3.05) is 47.5 Å². The third kappa shape index (κ3) is 65.9. The summed E-state index contributed by atoms with van der Waals surface area (Å²) < 4.78 is 23.0. The molecule has 0 saturated heterocycles. The van der Waals surface area contributed by atoms with Crippen LogP contribution in [0.15, 0.2) is 85.1 Å². The molecule has 0 aromatic heterocycles. The third-order valence-electron chi connectivity index (χ3n) is 15.2. The molecule has 0 aliphatic rings. The second-order valence-electron chi connectivity index (χ2n) is 24.5. The third-order valence-corrected chi connectivity index (χ3v) is 15.2. The predicted molar refractivity (Wildman–Crippen MR) is 355 cm³/mol. The first-order valence-electron chi connectivity index (χ1n) is 34.8. The van der Waals surface area contributed by atoms with Gasteiger partial charge in [0.2, 0.25) is 0 Å². The van der Waals surface area contributed by atoms with E-state index in [0.717, 1.165) is 89.9 Å². The summed E-state index contributed by atoms with van der Waals surface area (Å²) in [6.07, 6.45) is 84.0. The normalized spacial score (nSPS) is 13.2. The molecule has 9 heteroatoms. The topological polar surface area (TPSA) is 108 Å². The van der Waals surface area contributed by atoms with Crippen LogP contribution in [0.5, 0.6) is 0 Å². The summed E-state index contributed by atoms with van der Waals surface area (Å²) in [5.74, 6) is -2.00. The molecule has 2 unspecified atom stereocenters. The highest BCUT2D eigenvalue weighted by molar-refractivity contribution is 5.71. The minimum atomic E-state index is -1.51. The summed E-state index contributed by atoms with van der Waals surface area (Å²) in [6, 6.07) is 0. The fourth-order valence-electron chi connectivity index (χ4n) is 9.88. The number of aliphatic carboxylic acids is 1. The summed E-state index contributed by atoms with van der Waals surface area (Å²) in [6.45, 7) is 4.80. The molecular weight excluding hydrogens is 1030 g/mol. The molecule has 0 aliphatic carbocycles. The molecular formula is C74H132NO8+. The first-order chi connectivity index (χ1) is 40.6. The molecule has 0 aromatic carbocycles. The molecule has 9 nitrogen and oxygen atoms in total. The van der Waals surface area contributed by atoms with Crippen molar-refractivity contribution >= 4 is 17.9 Å². The summed E-state index contributed by atoms with van der Waals surface area (Å²) >= 11 is 0. The van der Waals surface area contributed by atoms with Gasteiger partial charge in [0.05, 0.1) is 34.4 Å². The number of carboxylic acids is 1. The van der Waals surface area contributed by atoms with Crippen LogP contribution >= 0.6 is 0 Å². The number of ether oxygens (including phenoxy) is 4. The highest BCUT2D eigenvalue weighted by Crippen LogP contribution is 2.18. The van der Waals surface area contributed by atoms with E-state index in [-0.39, 0.29) is 32.2 Å². The van der Waals surface area contributed by atoms with Gasteiger partial charge >= 0.3 is 17.9 Å². The van der Waals surface area contributed by atoms with Crippen molar-refractivity contribution in [3.8, 4) is 0 Å². The van der Waals surface area contributed by atoms with E-state index >= 15 is 0 Å². The van der Waals surface area contributed by atoms with Crippen LogP contribution < -0.4 is 0 Å². The van der Waals surface area contributed by atoms with Crippen LogP contribution in [0.3, 0.4) is 0 Å². The van der Waals surface area contributed by atoms with Crippen LogP contribution in [0.25, 0.3) is 0 Å². The van der Waals surface area contributed by atoms with Crippen molar-refractivity contribution in [1.82, 2.24) is 0 Å². The Labute approximate surface area is 512 Å². The number of hydrogen-bond donors (Lipinski definition) is 1. The minimum absolute atomic E-state index is 0.183. The number of hydrogen-bond acceptors (Lipinski definition) is 7. The molecule has 0 aliphatic heterocycles. The number of carbonyl (C=O) groups is 3. The van der Waals surface area contributed by atoms with Gasteiger partial charge in [-0.2, -0.15) is 0 Å².